The third-order valence-electron chi connectivity index (χ3n) is 2.88. The van der Waals surface area contributed by atoms with Gasteiger partial charge in [-0.15, -0.1) is 0 Å². The molecule has 1 amide bonds. The average Bonchev–Trinajstić information content (AvgIpc) is 2.12. The molecule has 0 saturated heterocycles. The first kappa shape index (κ1) is 14.4. The molecular weight excluding hydrogens is 188 g/mol. The molecule has 0 aliphatic carbocycles. The van der Waals surface area contributed by atoms with Gasteiger partial charge in [-0.2, -0.15) is 0 Å². The third kappa shape index (κ3) is 7.37. The Balaban J connectivity index is 3.84. The summed E-state index contributed by atoms with van der Waals surface area (Å²) in [6.07, 6.45) is 2.33. The summed E-state index contributed by atoms with van der Waals surface area (Å²) in [5, 5.41) is 3.01. The monoisotopic (exact) mass is 214 g/mol. The Bertz CT molecular complexity index is 196. The van der Waals surface area contributed by atoms with Gasteiger partial charge in [0.25, 0.3) is 0 Å². The molecule has 0 heterocycles. The van der Waals surface area contributed by atoms with Crippen LogP contribution in [0.3, 0.4) is 0 Å². The summed E-state index contributed by atoms with van der Waals surface area (Å²) in [5.74, 6) is 0.640. The van der Waals surface area contributed by atoms with Crippen LogP contribution in [0.4, 0.5) is 0 Å². The summed E-state index contributed by atoms with van der Waals surface area (Å²) >= 11 is 0. The minimum absolute atomic E-state index is 0.112. The highest BCUT2D eigenvalue weighted by atomic mass is 16.1. The number of carbonyl (C=O) groups is 1. The van der Waals surface area contributed by atoms with Crippen molar-refractivity contribution in [3.63, 3.8) is 0 Å². The lowest BCUT2D eigenvalue weighted by atomic mass is 9.98. The van der Waals surface area contributed by atoms with Gasteiger partial charge < -0.3 is 11.1 Å². The molecule has 0 aliphatic heterocycles. The van der Waals surface area contributed by atoms with Crippen LogP contribution in [0.2, 0.25) is 0 Å². The Labute approximate surface area is 93.8 Å². The minimum atomic E-state index is -0.253. The Morgan fingerprint density at radius 1 is 1.40 bits per heavy atom. The van der Waals surface area contributed by atoms with Crippen molar-refractivity contribution in [1.29, 1.82) is 0 Å². The number of nitrogens with one attached hydrogen (secondary N) is 1. The summed E-state index contributed by atoms with van der Waals surface area (Å²) in [6, 6.07) is 0.253. The number of hydrogen-bond acceptors (Lipinski definition) is 2. The second kappa shape index (κ2) is 6.11. The quantitative estimate of drug-likeness (QED) is 0.711. The summed E-state index contributed by atoms with van der Waals surface area (Å²) in [6.45, 7) is 10.2. The van der Waals surface area contributed by atoms with E-state index >= 15 is 0 Å². The van der Waals surface area contributed by atoms with E-state index in [4.69, 9.17) is 5.73 Å². The van der Waals surface area contributed by atoms with Crippen LogP contribution in [0, 0.1) is 5.92 Å². The van der Waals surface area contributed by atoms with E-state index < -0.39 is 0 Å². The fraction of sp³-hybridized carbons (Fsp3) is 0.917. The van der Waals surface area contributed by atoms with Crippen molar-refractivity contribution < 1.29 is 4.79 Å². The molecule has 3 nitrogen and oxygen atoms in total. The third-order valence-corrected chi connectivity index (χ3v) is 2.88. The molecule has 15 heavy (non-hydrogen) atoms. The molecule has 0 aliphatic rings. The van der Waals surface area contributed by atoms with Gasteiger partial charge in [-0.05, 0) is 33.1 Å². The number of nitrogens with two attached hydrogens (primary N) is 1. The number of carbonyl (C=O) groups excluding carboxylic acids is 1. The Morgan fingerprint density at radius 2 is 1.93 bits per heavy atom. The first-order valence-corrected chi connectivity index (χ1v) is 5.84. The van der Waals surface area contributed by atoms with E-state index in [2.05, 4.69) is 26.1 Å². The zero-order valence-electron chi connectivity index (χ0n) is 10.8. The van der Waals surface area contributed by atoms with E-state index in [9.17, 15) is 4.79 Å². The molecule has 0 aromatic heterocycles. The van der Waals surface area contributed by atoms with Crippen molar-refractivity contribution in [1.82, 2.24) is 5.32 Å². The highest BCUT2D eigenvalue weighted by Gasteiger charge is 2.16. The van der Waals surface area contributed by atoms with Crippen molar-refractivity contribution in [2.24, 2.45) is 11.7 Å². The smallest absolute Gasteiger partial charge is 0.220 e. The van der Waals surface area contributed by atoms with E-state index in [0.717, 1.165) is 12.8 Å². The fourth-order valence-electron chi connectivity index (χ4n) is 1.26. The van der Waals surface area contributed by atoms with Crippen LogP contribution in [-0.4, -0.2) is 17.5 Å². The van der Waals surface area contributed by atoms with Gasteiger partial charge in [0.1, 0.15) is 0 Å². The molecule has 3 N–H and O–H groups in total. The predicted octanol–water partition coefficient (Wildman–Crippen LogP) is 2.05. The first-order valence-electron chi connectivity index (χ1n) is 5.84. The normalized spacial score (nSPS) is 15.9. The van der Waals surface area contributed by atoms with Gasteiger partial charge in [-0.1, -0.05) is 20.3 Å². The molecular formula is C12H26N2O. The lowest BCUT2D eigenvalue weighted by Gasteiger charge is -2.22. The SMILES string of the molecule is CCC(C)C(C)NC(=O)CCC(C)(C)N. The molecule has 0 bridgehead atoms. The van der Waals surface area contributed by atoms with Gasteiger partial charge in [-0.25, -0.2) is 0 Å². The Morgan fingerprint density at radius 3 is 2.33 bits per heavy atom. The van der Waals surface area contributed by atoms with E-state index in [0.29, 0.717) is 12.3 Å². The standard InChI is InChI=1S/C12H26N2O/c1-6-9(2)10(3)14-11(15)7-8-12(4,5)13/h9-10H,6-8,13H2,1-5H3,(H,14,15). The van der Waals surface area contributed by atoms with Crippen LogP contribution in [0.5, 0.6) is 0 Å². The molecule has 0 fully saturated rings. The van der Waals surface area contributed by atoms with Crippen molar-refractivity contribution in [2.75, 3.05) is 0 Å². The summed E-state index contributed by atoms with van der Waals surface area (Å²) in [4.78, 5) is 11.6. The average molecular weight is 214 g/mol. The minimum Gasteiger partial charge on any atom is -0.353 e. The number of amides is 1. The van der Waals surface area contributed by atoms with E-state index in [-0.39, 0.29) is 17.5 Å². The maximum absolute atomic E-state index is 11.6. The van der Waals surface area contributed by atoms with Gasteiger partial charge in [0.2, 0.25) is 5.91 Å². The molecule has 0 rings (SSSR count). The summed E-state index contributed by atoms with van der Waals surface area (Å²) in [7, 11) is 0. The molecule has 0 spiro atoms. The van der Waals surface area contributed by atoms with Crippen LogP contribution in [0.25, 0.3) is 0 Å². The summed E-state index contributed by atoms with van der Waals surface area (Å²) < 4.78 is 0. The number of hydrogen-bond donors (Lipinski definition) is 2. The molecule has 3 heteroatoms. The second-order valence-corrected chi connectivity index (χ2v) is 5.23. The number of rotatable bonds is 6. The zero-order valence-corrected chi connectivity index (χ0v) is 10.8. The highest BCUT2D eigenvalue weighted by Crippen LogP contribution is 2.09. The van der Waals surface area contributed by atoms with Crippen molar-refractivity contribution >= 4 is 5.91 Å². The maximum Gasteiger partial charge on any atom is 0.220 e. The van der Waals surface area contributed by atoms with E-state index in [1.807, 2.05) is 13.8 Å². The topological polar surface area (TPSA) is 55.1 Å². The predicted molar refractivity (Wildman–Crippen MR) is 64.6 cm³/mol. The zero-order chi connectivity index (χ0) is 12.1. The molecule has 0 aromatic carbocycles. The summed E-state index contributed by atoms with van der Waals surface area (Å²) in [5.41, 5.74) is 5.57. The molecule has 90 valence electrons. The van der Waals surface area contributed by atoms with Crippen LogP contribution < -0.4 is 11.1 Å². The van der Waals surface area contributed by atoms with Crippen LogP contribution >= 0.6 is 0 Å². The van der Waals surface area contributed by atoms with E-state index in [1.54, 1.807) is 0 Å². The van der Waals surface area contributed by atoms with Crippen LogP contribution in [0.15, 0.2) is 0 Å². The largest absolute Gasteiger partial charge is 0.353 e. The van der Waals surface area contributed by atoms with Crippen molar-refractivity contribution in [3.8, 4) is 0 Å². The van der Waals surface area contributed by atoms with Crippen molar-refractivity contribution in [3.05, 3.63) is 0 Å². The lowest BCUT2D eigenvalue weighted by Crippen LogP contribution is -2.39. The van der Waals surface area contributed by atoms with Gasteiger partial charge in [0.05, 0.1) is 0 Å². The van der Waals surface area contributed by atoms with Gasteiger partial charge >= 0.3 is 0 Å². The van der Waals surface area contributed by atoms with Gasteiger partial charge in [0, 0.05) is 18.0 Å². The molecule has 0 radical (unpaired) electrons. The molecule has 2 unspecified atom stereocenters. The molecule has 0 aromatic rings. The first-order chi connectivity index (χ1) is 6.76. The Hall–Kier alpha value is -0.570. The maximum atomic E-state index is 11.6. The lowest BCUT2D eigenvalue weighted by molar-refractivity contribution is -0.122. The highest BCUT2D eigenvalue weighted by molar-refractivity contribution is 5.76. The Kier molecular flexibility index (Phi) is 5.88. The van der Waals surface area contributed by atoms with Gasteiger partial charge in [-0.3, -0.25) is 4.79 Å². The molecule has 2 atom stereocenters. The van der Waals surface area contributed by atoms with Crippen LogP contribution in [0.1, 0.15) is 53.9 Å². The van der Waals surface area contributed by atoms with Crippen molar-refractivity contribution in [2.45, 2.75) is 65.5 Å². The van der Waals surface area contributed by atoms with Gasteiger partial charge in [0.15, 0.2) is 0 Å². The van der Waals surface area contributed by atoms with Crippen LogP contribution in [-0.2, 0) is 4.79 Å². The fourth-order valence-corrected chi connectivity index (χ4v) is 1.26. The molecule has 0 saturated carbocycles. The van der Waals surface area contributed by atoms with E-state index in [1.165, 1.54) is 0 Å². The second-order valence-electron chi connectivity index (χ2n) is 5.23.